The Morgan fingerprint density at radius 1 is 1.24 bits per heavy atom. The second kappa shape index (κ2) is 5.60. The van der Waals surface area contributed by atoms with E-state index in [2.05, 4.69) is 9.97 Å². The summed E-state index contributed by atoms with van der Waals surface area (Å²) in [6.07, 6.45) is -3.77. The van der Waals surface area contributed by atoms with Crippen LogP contribution in [0, 0.1) is 0 Å². The lowest BCUT2D eigenvalue weighted by molar-refractivity contribution is -0.137. The van der Waals surface area contributed by atoms with Crippen LogP contribution < -0.4 is 5.73 Å². The number of nitrogens with zero attached hydrogens (tertiary/aromatic N) is 2. The lowest BCUT2D eigenvalue weighted by Gasteiger charge is -2.07. The van der Waals surface area contributed by atoms with Gasteiger partial charge in [-0.3, -0.25) is 0 Å². The van der Waals surface area contributed by atoms with Gasteiger partial charge in [0.1, 0.15) is 15.7 Å². The Morgan fingerprint density at radius 2 is 1.95 bits per heavy atom. The minimum atomic E-state index is -4.46. The summed E-state index contributed by atoms with van der Waals surface area (Å²) in [4.78, 5) is 18.3. The normalized spacial score (nSPS) is 11.4. The molecule has 0 saturated carbocycles. The molecule has 2 heterocycles. The van der Waals surface area contributed by atoms with Gasteiger partial charge in [-0.15, -0.1) is 0 Å². The van der Waals surface area contributed by atoms with E-state index in [1.165, 1.54) is 18.2 Å². The molecule has 0 aliphatic carbocycles. The summed E-state index contributed by atoms with van der Waals surface area (Å²) in [5.74, 6) is -1.22. The molecule has 0 radical (unpaired) electrons. The molecule has 0 unspecified atom stereocenters. The van der Waals surface area contributed by atoms with E-state index >= 15 is 0 Å². The number of hydrogen-bond donors (Lipinski definition) is 2. The van der Waals surface area contributed by atoms with Crippen molar-refractivity contribution >= 4 is 23.4 Å². The van der Waals surface area contributed by atoms with E-state index in [1.54, 1.807) is 0 Å². The number of aromatic carboxylic acids is 1. The van der Waals surface area contributed by atoms with Gasteiger partial charge in [-0.05, 0) is 36.0 Å². The fourth-order valence-corrected chi connectivity index (χ4v) is 2.13. The van der Waals surface area contributed by atoms with E-state index in [4.69, 9.17) is 10.8 Å². The van der Waals surface area contributed by atoms with E-state index in [9.17, 15) is 18.0 Å². The number of carboxylic acids is 1. The third kappa shape index (κ3) is 3.63. The maximum Gasteiger partial charge on any atom is 0.417 e. The van der Waals surface area contributed by atoms with Crippen molar-refractivity contribution in [2.75, 3.05) is 5.73 Å². The molecule has 0 aliphatic heterocycles. The zero-order chi connectivity index (χ0) is 15.6. The number of pyridine rings is 2. The molecule has 2 aromatic rings. The van der Waals surface area contributed by atoms with Crippen LogP contribution in [-0.2, 0) is 6.18 Å². The Bertz CT molecular complexity index is 674. The van der Waals surface area contributed by atoms with Gasteiger partial charge in [0.05, 0.1) is 11.3 Å². The molecule has 0 saturated heterocycles. The van der Waals surface area contributed by atoms with Crippen molar-refractivity contribution in [2.24, 2.45) is 0 Å². The highest BCUT2D eigenvalue weighted by Gasteiger charge is 2.30. The number of nitrogens with two attached hydrogens (primary N) is 1. The number of alkyl halides is 3. The Balaban J connectivity index is 2.26. The van der Waals surface area contributed by atoms with Crippen LogP contribution in [0.3, 0.4) is 0 Å². The quantitative estimate of drug-likeness (QED) is 0.905. The summed E-state index contributed by atoms with van der Waals surface area (Å²) in [5, 5.41) is 9.23. The summed E-state index contributed by atoms with van der Waals surface area (Å²) in [6.45, 7) is 0. The van der Waals surface area contributed by atoms with Gasteiger partial charge in [-0.2, -0.15) is 13.2 Å². The molecular formula is C12H8F3N3O2S. The molecule has 9 heteroatoms. The first-order valence-electron chi connectivity index (χ1n) is 5.48. The molecule has 110 valence electrons. The second-order valence-corrected chi connectivity index (χ2v) is 4.89. The first-order chi connectivity index (χ1) is 9.77. The standard InChI is InChI=1S/C12H8F3N3O2S/c13-12(14,15)6-1-4-9(17-5-6)21-10-7(16)2-3-8(18-10)11(19)20/h1-5H,16H2,(H,19,20). The number of nitrogen functional groups attached to an aromatic ring is 1. The van der Waals surface area contributed by atoms with Crippen LogP contribution in [0.4, 0.5) is 18.9 Å². The summed E-state index contributed by atoms with van der Waals surface area (Å²) in [6, 6.07) is 4.65. The number of hydrogen-bond acceptors (Lipinski definition) is 5. The number of aromatic nitrogens is 2. The number of carbonyl (C=O) groups is 1. The smallest absolute Gasteiger partial charge is 0.417 e. The first-order valence-corrected chi connectivity index (χ1v) is 6.30. The van der Waals surface area contributed by atoms with E-state index in [1.807, 2.05) is 0 Å². The van der Waals surface area contributed by atoms with Gasteiger partial charge >= 0.3 is 12.1 Å². The molecule has 21 heavy (non-hydrogen) atoms. The Hall–Kier alpha value is -2.29. The molecule has 0 fully saturated rings. The SMILES string of the molecule is Nc1ccc(C(=O)O)nc1Sc1ccc(C(F)(F)F)cn1. The molecule has 0 bridgehead atoms. The van der Waals surface area contributed by atoms with E-state index in [0.717, 1.165) is 17.8 Å². The molecule has 0 spiro atoms. The van der Waals surface area contributed by atoms with Gasteiger partial charge in [0.2, 0.25) is 0 Å². The number of anilines is 1. The van der Waals surface area contributed by atoms with Crippen LogP contribution >= 0.6 is 11.8 Å². The monoisotopic (exact) mass is 315 g/mol. The molecule has 5 nitrogen and oxygen atoms in total. The van der Waals surface area contributed by atoms with Gasteiger partial charge in [0, 0.05) is 6.20 Å². The average Bonchev–Trinajstić information content (AvgIpc) is 2.40. The van der Waals surface area contributed by atoms with Crippen molar-refractivity contribution < 1.29 is 23.1 Å². The highest BCUT2D eigenvalue weighted by atomic mass is 32.2. The zero-order valence-electron chi connectivity index (χ0n) is 10.3. The van der Waals surface area contributed by atoms with E-state index in [0.29, 0.717) is 6.20 Å². The average molecular weight is 315 g/mol. The molecule has 0 aliphatic rings. The summed E-state index contributed by atoms with van der Waals surface area (Å²) >= 11 is 0.887. The fraction of sp³-hybridized carbons (Fsp3) is 0.0833. The maximum absolute atomic E-state index is 12.4. The highest BCUT2D eigenvalue weighted by Crippen LogP contribution is 2.32. The van der Waals surface area contributed by atoms with Crippen molar-refractivity contribution in [2.45, 2.75) is 16.2 Å². The van der Waals surface area contributed by atoms with Gasteiger partial charge in [-0.1, -0.05) is 0 Å². The van der Waals surface area contributed by atoms with Crippen molar-refractivity contribution in [3.8, 4) is 0 Å². The van der Waals surface area contributed by atoms with Gasteiger partial charge < -0.3 is 10.8 Å². The van der Waals surface area contributed by atoms with E-state index in [-0.39, 0.29) is 21.4 Å². The minimum absolute atomic E-state index is 0.169. The molecule has 0 aromatic carbocycles. The molecule has 2 aromatic heterocycles. The Labute approximate surface area is 121 Å². The van der Waals surface area contributed by atoms with Crippen molar-refractivity contribution in [1.29, 1.82) is 0 Å². The Kier molecular flexibility index (Phi) is 4.03. The topological polar surface area (TPSA) is 89.1 Å². The maximum atomic E-state index is 12.4. The van der Waals surface area contributed by atoms with Crippen LogP contribution in [0.5, 0.6) is 0 Å². The van der Waals surface area contributed by atoms with Gasteiger partial charge in [-0.25, -0.2) is 14.8 Å². The van der Waals surface area contributed by atoms with Crippen LogP contribution in [0.2, 0.25) is 0 Å². The molecule has 3 N–H and O–H groups in total. The van der Waals surface area contributed by atoms with Gasteiger partial charge in [0.15, 0.2) is 0 Å². The lowest BCUT2D eigenvalue weighted by atomic mass is 10.3. The van der Waals surface area contributed by atoms with Crippen LogP contribution in [0.1, 0.15) is 16.1 Å². The molecule has 0 amide bonds. The lowest BCUT2D eigenvalue weighted by Crippen LogP contribution is -2.05. The van der Waals surface area contributed by atoms with Crippen LogP contribution in [-0.4, -0.2) is 21.0 Å². The predicted octanol–water partition coefficient (Wildman–Crippen LogP) is 2.93. The second-order valence-electron chi connectivity index (χ2n) is 3.88. The number of carboxylic acid groups (broad SMARTS) is 1. The van der Waals surface area contributed by atoms with Crippen molar-refractivity contribution in [3.63, 3.8) is 0 Å². The zero-order valence-corrected chi connectivity index (χ0v) is 11.1. The van der Waals surface area contributed by atoms with Crippen molar-refractivity contribution in [3.05, 3.63) is 41.7 Å². The fourth-order valence-electron chi connectivity index (χ4n) is 1.36. The number of rotatable bonds is 3. The molecular weight excluding hydrogens is 307 g/mol. The third-order valence-electron chi connectivity index (χ3n) is 2.37. The van der Waals surface area contributed by atoms with Crippen molar-refractivity contribution in [1.82, 2.24) is 9.97 Å². The Morgan fingerprint density at radius 3 is 2.48 bits per heavy atom. The largest absolute Gasteiger partial charge is 0.477 e. The van der Waals surface area contributed by atoms with E-state index < -0.39 is 17.7 Å². The molecule has 0 atom stereocenters. The van der Waals surface area contributed by atoms with Crippen LogP contribution in [0.15, 0.2) is 40.5 Å². The third-order valence-corrected chi connectivity index (χ3v) is 3.34. The summed E-state index contributed by atoms with van der Waals surface area (Å²) in [5.41, 5.74) is 4.79. The number of halogens is 3. The highest BCUT2D eigenvalue weighted by molar-refractivity contribution is 7.99. The predicted molar refractivity (Wildman–Crippen MR) is 69.0 cm³/mol. The minimum Gasteiger partial charge on any atom is -0.477 e. The molecule has 2 rings (SSSR count). The first kappa shape index (κ1) is 15.1. The summed E-state index contributed by atoms with van der Waals surface area (Å²) < 4.78 is 37.2. The van der Waals surface area contributed by atoms with Crippen LogP contribution in [0.25, 0.3) is 0 Å². The summed E-state index contributed by atoms with van der Waals surface area (Å²) in [7, 11) is 0. The van der Waals surface area contributed by atoms with Gasteiger partial charge in [0.25, 0.3) is 0 Å².